The molecule has 10 heavy (non-hydrogen) atoms. The zero-order valence-electron chi connectivity index (χ0n) is 5.78. The Morgan fingerprint density at radius 2 is 1.60 bits per heavy atom. The molecule has 0 aromatic carbocycles. The molecule has 0 aliphatic heterocycles. The van der Waals surface area contributed by atoms with Crippen LogP contribution in [0.15, 0.2) is 0 Å². The van der Waals surface area contributed by atoms with Gasteiger partial charge in [-0.1, -0.05) is 6.92 Å². The van der Waals surface area contributed by atoms with Crippen LogP contribution in [-0.4, -0.2) is 26.2 Å². The standard InChI is InChI=1S/C6H10O4/c1-6(2-9-4-7)3-10-5-8/h4-6H,2-3H2,1H3. The minimum atomic E-state index is 0.0652. The number of carbonyl (C=O) groups is 2. The van der Waals surface area contributed by atoms with Gasteiger partial charge >= 0.3 is 0 Å². The third kappa shape index (κ3) is 5.08. The van der Waals surface area contributed by atoms with E-state index in [4.69, 9.17) is 0 Å². The van der Waals surface area contributed by atoms with E-state index in [0.29, 0.717) is 12.9 Å². The highest BCUT2D eigenvalue weighted by Gasteiger charge is 2.00. The van der Waals surface area contributed by atoms with Crippen molar-refractivity contribution >= 4 is 12.9 Å². The van der Waals surface area contributed by atoms with Gasteiger partial charge in [-0.25, -0.2) is 0 Å². The van der Waals surface area contributed by atoms with Crippen LogP contribution >= 0.6 is 0 Å². The lowest BCUT2D eigenvalue weighted by molar-refractivity contribution is -0.133. The second-order valence-electron chi connectivity index (χ2n) is 1.96. The second kappa shape index (κ2) is 6.07. The van der Waals surface area contributed by atoms with Crippen molar-refractivity contribution in [2.75, 3.05) is 13.2 Å². The van der Waals surface area contributed by atoms with Gasteiger partial charge in [0.05, 0.1) is 13.2 Å². The maximum Gasteiger partial charge on any atom is 0.293 e. The molecule has 0 atom stereocenters. The number of carbonyl (C=O) groups excluding carboxylic acids is 2. The van der Waals surface area contributed by atoms with Gasteiger partial charge in [-0.05, 0) is 0 Å². The van der Waals surface area contributed by atoms with E-state index in [1.807, 2.05) is 6.92 Å². The first-order valence-corrected chi connectivity index (χ1v) is 2.91. The van der Waals surface area contributed by atoms with Gasteiger partial charge in [0.15, 0.2) is 0 Å². The highest BCUT2D eigenvalue weighted by molar-refractivity contribution is 5.37. The molecular formula is C6H10O4. The van der Waals surface area contributed by atoms with Gasteiger partial charge in [-0.2, -0.15) is 0 Å². The van der Waals surface area contributed by atoms with Crippen LogP contribution in [0.25, 0.3) is 0 Å². The Morgan fingerprint density at radius 1 is 1.20 bits per heavy atom. The van der Waals surface area contributed by atoms with E-state index in [-0.39, 0.29) is 19.1 Å². The van der Waals surface area contributed by atoms with Crippen LogP contribution < -0.4 is 0 Å². The van der Waals surface area contributed by atoms with Crippen LogP contribution in [0.3, 0.4) is 0 Å². The Hall–Kier alpha value is -1.06. The zero-order chi connectivity index (χ0) is 7.82. The molecule has 58 valence electrons. The summed E-state index contributed by atoms with van der Waals surface area (Å²) < 4.78 is 8.83. The van der Waals surface area contributed by atoms with Crippen molar-refractivity contribution in [1.29, 1.82) is 0 Å². The van der Waals surface area contributed by atoms with Crippen molar-refractivity contribution in [1.82, 2.24) is 0 Å². The first-order chi connectivity index (χ1) is 4.81. The van der Waals surface area contributed by atoms with Gasteiger partial charge in [0.2, 0.25) is 0 Å². The van der Waals surface area contributed by atoms with E-state index in [1.165, 1.54) is 0 Å². The minimum Gasteiger partial charge on any atom is -0.467 e. The molecule has 0 bridgehead atoms. The van der Waals surface area contributed by atoms with Crippen molar-refractivity contribution in [2.24, 2.45) is 5.92 Å². The highest BCUT2D eigenvalue weighted by Crippen LogP contribution is 1.93. The van der Waals surface area contributed by atoms with E-state index in [9.17, 15) is 9.59 Å². The molecule has 0 amide bonds. The summed E-state index contributed by atoms with van der Waals surface area (Å²) in [7, 11) is 0. The van der Waals surface area contributed by atoms with Crippen LogP contribution in [0.4, 0.5) is 0 Å². The molecule has 0 saturated carbocycles. The van der Waals surface area contributed by atoms with Crippen molar-refractivity contribution in [2.45, 2.75) is 6.92 Å². The maximum absolute atomic E-state index is 9.65. The van der Waals surface area contributed by atoms with Gasteiger partial charge in [-0.15, -0.1) is 0 Å². The van der Waals surface area contributed by atoms with Crippen LogP contribution in [0.1, 0.15) is 6.92 Å². The van der Waals surface area contributed by atoms with Crippen molar-refractivity contribution in [3.63, 3.8) is 0 Å². The Labute approximate surface area is 59.1 Å². The summed E-state index contributed by atoms with van der Waals surface area (Å²) in [5, 5.41) is 0. The highest BCUT2D eigenvalue weighted by atomic mass is 16.5. The molecule has 0 aliphatic carbocycles. The second-order valence-corrected chi connectivity index (χ2v) is 1.96. The van der Waals surface area contributed by atoms with E-state index >= 15 is 0 Å². The van der Waals surface area contributed by atoms with Crippen LogP contribution in [0.2, 0.25) is 0 Å². The monoisotopic (exact) mass is 146 g/mol. The summed E-state index contributed by atoms with van der Waals surface area (Å²) in [5.41, 5.74) is 0. The lowest BCUT2D eigenvalue weighted by atomic mass is 10.2. The van der Waals surface area contributed by atoms with Gasteiger partial charge < -0.3 is 9.47 Å². The number of hydrogen-bond acceptors (Lipinski definition) is 4. The summed E-state index contributed by atoms with van der Waals surface area (Å²) >= 11 is 0. The third-order valence-corrected chi connectivity index (χ3v) is 0.898. The van der Waals surface area contributed by atoms with Crippen LogP contribution in [0, 0.1) is 5.92 Å². The Kier molecular flexibility index (Phi) is 5.42. The molecular weight excluding hydrogens is 136 g/mol. The first kappa shape index (κ1) is 8.94. The number of ether oxygens (including phenoxy) is 2. The molecule has 0 aromatic rings. The zero-order valence-corrected chi connectivity index (χ0v) is 5.78. The van der Waals surface area contributed by atoms with Gasteiger partial charge in [0.25, 0.3) is 12.9 Å². The Bertz CT molecular complexity index is 89.9. The maximum atomic E-state index is 9.65. The normalized spacial score (nSPS) is 9.00. The fourth-order valence-electron chi connectivity index (χ4n) is 0.455. The average Bonchev–Trinajstić information content (AvgIpc) is 1.97. The smallest absolute Gasteiger partial charge is 0.293 e. The molecule has 4 heteroatoms. The van der Waals surface area contributed by atoms with Crippen molar-refractivity contribution in [3.8, 4) is 0 Å². The fourth-order valence-corrected chi connectivity index (χ4v) is 0.455. The first-order valence-electron chi connectivity index (χ1n) is 2.91. The van der Waals surface area contributed by atoms with E-state index < -0.39 is 0 Å². The molecule has 0 saturated heterocycles. The minimum absolute atomic E-state index is 0.0652. The van der Waals surface area contributed by atoms with Gasteiger partial charge in [0.1, 0.15) is 0 Å². The van der Waals surface area contributed by atoms with E-state index in [1.54, 1.807) is 0 Å². The molecule has 0 radical (unpaired) electrons. The molecule has 0 spiro atoms. The quantitative estimate of drug-likeness (QED) is 0.494. The molecule has 0 heterocycles. The Morgan fingerprint density at radius 3 is 1.90 bits per heavy atom. The van der Waals surface area contributed by atoms with Gasteiger partial charge in [-0.3, -0.25) is 9.59 Å². The number of hydrogen-bond donors (Lipinski definition) is 0. The lowest BCUT2D eigenvalue weighted by Gasteiger charge is -2.06. The summed E-state index contributed by atoms with van der Waals surface area (Å²) in [6.07, 6.45) is 0. The predicted octanol–water partition coefficient (Wildman–Crippen LogP) is -0.0315. The van der Waals surface area contributed by atoms with Crippen molar-refractivity contribution < 1.29 is 19.1 Å². The topological polar surface area (TPSA) is 52.6 Å². The molecule has 0 aliphatic rings. The van der Waals surface area contributed by atoms with E-state index in [2.05, 4.69) is 9.47 Å². The molecule has 0 rings (SSSR count). The molecule has 0 aromatic heterocycles. The van der Waals surface area contributed by atoms with E-state index in [0.717, 1.165) is 0 Å². The van der Waals surface area contributed by atoms with Crippen LogP contribution in [0.5, 0.6) is 0 Å². The largest absolute Gasteiger partial charge is 0.467 e. The molecule has 0 N–H and O–H groups in total. The summed E-state index contributed by atoms with van der Waals surface area (Å²) in [4.78, 5) is 19.3. The van der Waals surface area contributed by atoms with Crippen molar-refractivity contribution in [3.05, 3.63) is 0 Å². The average molecular weight is 146 g/mol. The molecule has 0 unspecified atom stereocenters. The van der Waals surface area contributed by atoms with Gasteiger partial charge in [0, 0.05) is 5.92 Å². The predicted molar refractivity (Wildman–Crippen MR) is 33.2 cm³/mol. The summed E-state index contributed by atoms with van der Waals surface area (Å²) in [6, 6.07) is 0. The SMILES string of the molecule is CC(COC=O)COC=O. The molecule has 4 nitrogen and oxygen atoms in total. The van der Waals surface area contributed by atoms with Crippen LogP contribution in [-0.2, 0) is 19.1 Å². The summed E-state index contributed by atoms with van der Waals surface area (Å²) in [6.45, 7) is 3.14. The number of rotatable bonds is 6. The summed E-state index contributed by atoms with van der Waals surface area (Å²) in [5.74, 6) is 0.0652. The Balaban J connectivity index is 3.15. The third-order valence-electron chi connectivity index (χ3n) is 0.898. The fraction of sp³-hybridized carbons (Fsp3) is 0.667. The molecule has 0 fully saturated rings. The lowest BCUT2D eigenvalue weighted by Crippen LogP contribution is -2.11.